The molecule has 3 heterocycles. The number of benzene rings is 7. The zero-order valence-corrected chi connectivity index (χ0v) is 32.3. The maximum absolute atomic E-state index is 8.20. The normalized spacial score (nSPS) is 12.9. The summed E-state index contributed by atoms with van der Waals surface area (Å²) in [6, 6.07) is 64.1. The predicted molar refractivity (Wildman–Crippen MR) is 238 cm³/mol. The Morgan fingerprint density at radius 2 is 1.14 bits per heavy atom. The van der Waals surface area contributed by atoms with Crippen LogP contribution in [-0.4, -0.2) is 26.8 Å². The maximum atomic E-state index is 8.20. The number of pyridine rings is 1. The first-order valence-corrected chi connectivity index (χ1v) is 22.0. The molecule has 0 atom stereocenters. The van der Waals surface area contributed by atoms with Crippen LogP contribution in [0.25, 0.3) is 77.7 Å². The van der Waals surface area contributed by atoms with Gasteiger partial charge in [-0.3, -0.25) is 4.57 Å². The zero-order valence-electron chi connectivity index (χ0n) is 34.3. The molecule has 0 aliphatic carbocycles. The van der Waals surface area contributed by atoms with E-state index in [9.17, 15) is 0 Å². The van der Waals surface area contributed by atoms with Crippen molar-refractivity contribution in [3.63, 3.8) is 0 Å². The predicted octanol–water partition coefficient (Wildman–Crippen LogP) is 11.6. The van der Waals surface area contributed by atoms with Crippen molar-refractivity contribution in [2.24, 2.45) is 6.98 Å². The number of fused-ring (bicyclic) bond motifs is 4. The van der Waals surface area contributed by atoms with Crippen LogP contribution in [0.5, 0.6) is 0 Å². The van der Waals surface area contributed by atoms with E-state index in [4.69, 9.17) is 9.10 Å². The van der Waals surface area contributed by atoms with Gasteiger partial charge >= 0.3 is 0 Å². The lowest BCUT2D eigenvalue weighted by Crippen LogP contribution is -2.52. The number of para-hydroxylation sites is 3. The molecule has 0 N–H and O–H groups in total. The molecule has 0 amide bonds. The van der Waals surface area contributed by atoms with Crippen LogP contribution in [0, 0.1) is 0 Å². The van der Waals surface area contributed by atoms with Gasteiger partial charge in [-0.2, -0.15) is 4.57 Å². The summed E-state index contributed by atoms with van der Waals surface area (Å²) >= 11 is 0. The molecule has 10 rings (SSSR count). The van der Waals surface area contributed by atoms with E-state index in [0.717, 1.165) is 44.7 Å². The van der Waals surface area contributed by atoms with Crippen LogP contribution >= 0.6 is 0 Å². The van der Waals surface area contributed by atoms with Gasteiger partial charge < -0.3 is 0 Å². The van der Waals surface area contributed by atoms with Crippen LogP contribution < -0.4 is 10.4 Å². The van der Waals surface area contributed by atoms with Crippen molar-refractivity contribution in [1.82, 2.24) is 18.7 Å². The summed E-state index contributed by atoms with van der Waals surface area (Å²) < 4.78 is 30.3. The SMILES string of the molecule is [2H]C([2H])([2H])n1[cH+]n(-c2cccc([Si](C)(C)c3ccc4c5ccccc5n(-c5cc(-c6c(-c7ccccc7)cccc6-c6ccccc6)ccn5)c4c3)c2)c2ccccc21. The third-order valence-corrected chi connectivity index (χ3v) is 14.9. The van der Waals surface area contributed by atoms with E-state index in [0.29, 0.717) is 5.52 Å². The Bertz CT molecular complexity index is 3130. The molecular formula is C51H41N4Si+. The summed E-state index contributed by atoms with van der Waals surface area (Å²) in [4.78, 5) is 5.08. The fourth-order valence-electron chi connectivity index (χ4n) is 8.41. The molecule has 10 aromatic rings. The van der Waals surface area contributed by atoms with Crippen LogP contribution in [-0.2, 0) is 6.98 Å². The molecule has 0 spiro atoms. The monoisotopic (exact) mass is 740 g/mol. The molecule has 5 heteroatoms. The summed E-state index contributed by atoms with van der Waals surface area (Å²) in [6.07, 6.45) is 3.65. The van der Waals surface area contributed by atoms with Crippen LogP contribution in [0.15, 0.2) is 195 Å². The van der Waals surface area contributed by atoms with E-state index in [2.05, 4.69) is 175 Å². The lowest BCUT2D eigenvalue weighted by molar-refractivity contribution is 0.911. The quantitative estimate of drug-likeness (QED) is 0.118. The van der Waals surface area contributed by atoms with Gasteiger partial charge in [0.25, 0.3) is 0 Å². The topological polar surface area (TPSA) is 27.7 Å². The van der Waals surface area contributed by atoms with Crippen molar-refractivity contribution < 1.29 is 4.11 Å². The van der Waals surface area contributed by atoms with E-state index in [1.54, 1.807) is 6.33 Å². The first-order chi connectivity index (χ1) is 28.7. The van der Waals surface area contributed by atoms with Gasteiger partial charge in [0.2, 0.25) is 0 Å². The Labute approximate surface area is 332 Å². The average molecular weight is 741 g/mol. The number of aromatic nitrogens is 4. The minimum Gasteiger partial charge on any atom is -0.294 e. The summed E-state index contributed by atoms with van der Waals surface area (Å²) in [5.41, 5.74) is 11.6. The number of imidazole rings is 1. The van der Waals surface area contributed by atoms with E-state index in [1.807, 2.05) is 35.0 Å². The minimum absolute atomic E-state index is 0.671. The Morgan fingerprint density at radius 1 is 0.518 bits per heavy atom. The molecule has 4 nitrogen and oxygen atoms in total. The molecule has 268 valence electrons. The third-order valence-electron chi connectivity index (χ3n) is 11.4. The van der Waals surface area contributed by atoms with Crippen LogP contribution in [0.1, 0.15) is 4.11 Å². The molecule has 0 saturated carbocycles. The Morgan fingerprint density at radius 3 is 1.88 bits per heavy atom. The van der Waals surface area contributed by atoms with Crippen molar-refractivity contribution in [2.75, 3.05) is 0 Å². The van der Waals surface area contributed by atoms with E-state index < -0.39 is 15.0 Å². The number of rotatable bonds is 7. The summed E-state index contributed by atoms with van der Waals surface area (Å²) in [7, 11) is -2.33. The summed E-state index contributed by atoms with van der Waals surface area (Å²) in [5.74, 6) is 0.858. The van der Waals surface area contributed by atoms with Gasteiger partial charge in [-0.1, -0.05) is 140 Å². The molecule has 0 aliphatic heterocycles. The number of hydrogen-bond donors (Lipinski definition) is 0. The fourth-order valence-corrected chi connectivity index (χ4v) is 10.8. The van der Waals surface area contributed by atoms with Crippen molar-refractivity contribution in [2.45, 2.75) is 13.1 Å². The highest BCUT2D eigenvalue weighted by molar-refractivity contribution is 7.00. The number of nitrogens with zero attached hydrogens (tertiary/aromatic N) is 4. The van der Waals surface area contributed by atoms with Gasteiger partial charge in [-0.15, -0.1) is 0 Å². The first-order valence-electron chi connectivity index (χ1n) is 20.5. The molecule has 0 bridgehead atoms. The molecule has 0 aliphatic rings. The van der Waals surface area contributed by atoms with Crippen molar-refractivity contribution in [3.8, 4) is 44.9 Å². The molecule has 0 fully saturated rings. The molecule has 0 radical (unpaired) electrons. The average Bonchev–Trinajstić information content (AvgIpc) is 3.84. The first kappa shape index (κ1) is 30.5. The van der Waals surface area contributed by atoms with E-state index in [-0.39, 0.29) is 0 Å². The second-order valence-electron chi connectivity index (χ2n) is 15.0. The van der Waals surface area contributed by atoms with Crippen LogP contribution in [0.4, 0.5) is 0 Å². The Hall–Kier alpha value is -6.82. The number of aryl methyl sites for hydroxylation is 1. The van der Waals surface area contributed by atoms with E-state index in [1.165, 1.54) is 42.4 Å². The van der Waals surface area contributed by atoms with Gasteiger partial charge in [0, 0.05) is 52.3 Å². The van der Waals surface area contributed by atoms with Gasteiger partial charge in [0.05, 0.1) is 11.0 Å². The molecule has 56 heavy (non-hydrogen) atoms. The smallest absolute Gasteiger partial charge is 0.191 e. The third kappa shape index (κ3) is 5.59. The lowest BCUT2D eigenvalue weighted by atomic mass is 9.88. The van der Waals surface area contributed by atoms with Gasteiger partial charge in [0.15, 0.2) is 17.4 Å². The van der Waals surface area contributed by atoms with Crippen LogP contribution in [0.2, 0.25) is 13.1 Å². The highest BCUT2D eigenvalue weighted by atomic mass is 28.3. The second kappa shape index (κ2) is 13.5. The van der Waals surface area contributed by atoms with Crippen molar-refractivity contribution >= 4 is 51.3 Å². The molecule has 0 unspecified atom stereocenters. The molecular weight excluding hydrogens is 697 g/mol. The minimum atomic E-state index is -2.33. The largest absolute Gasteiger partial charge is 0.294 e. The highest BCUT2D eigenvalue weighted by Gasteiger charge is 2.29. The standard InChI is InChI=1S/C51H41N4Si/c1-53-35-54(48-27-13-12-26-47(48)53)39-20-14-21-40(33-39)56(2,3)41-28-29-45-44-22-10-11-25-46(44)55(49(45)34-41)50-32-38(30-31-52-50)51-42(36-16-6-4-7-17-36)23-15-24-43(51)37-18-8-5-9-19-37/h4-35H,1-3H3/q+1/i1D3. The van der Waals surface area contributed by atoms with Gasteiger partial charge in [0.1, 0.15) is 19.6 Å². The fraction of sp³-hybridized carbons (Fsp3) is 0.0588. The Kier molecular flexibility index (Phi) is 7.34. The van der Waals surface area contributed by atoms with E-state index >= 15 is 0 Å². The molecule has 3 aromatic heterocycles. The van der Waals surface area contributed by atoms with Crippen molar-refractivity contribution in [3.05, 3.63) is 195 Å². The number of hydrogen-bond acceptors (Lipinski definition) is 1. The van der Waals surface area contributed by atoms with Crippen LogP contribution in [0.3, 0.4) is 0 Å². The summed E-state index contributed by atoms with van der Waals surface area (Å²) in [5, 5.41) is 4.90. The second-order valence-corrected chi connectivity index (χ2v) is 19.4. The van der Waals surface area contributed by atoms with Crippen molar-refractivity contribution in [1.29, 1.82) is 0 Å². The summed E-state index contributed by atoms with van der Waals surface area (Å²) in [6.45, 7) is 2.48. The molecule has 7 aromatic carbocycles. The Balaban J connectivity index is 1.13. The zero-order chi connectivity index (χ0) is 40.3. The maximum Gasteiger partial charge on any atom is 0.191 e. The highest BCUT2D eigenvalue weighted by Crippen LogP contribution is 2.41. The van der Waals surface area contributed by atoms with Gasteiger partial charge in [-0.05, 0) is 75.0 Å². The molecule has 0 saturated heterocycles. The lowest BCUT2D eigenvalue weighted by Gasteiger charge is -2.24. The van der Waals surface area contributed by atoms with Gasteiger partial charge in [-0.25, -0.2) is 9.55 Å².